The first kappa shape index (κ1) is 9.81. The molecule has 3 nitrogen and oxygen atoms in total. The fourth-order valence-electron chi connectivity index (χ4n) is 2.21. The summed E-state index contributed by atoms with van der Waals surface area (Å²) in [5.74, 6) is 1.52. The lowest BCUT2D eigenvalue weighted by molar-refractivity contribution is 0.325. The average molecular weight is 195 g/mol. The molecule has 2 rings (SSSR count). The van der Waals surface area contributed by atoms with E-state index in [2.05, 4.69) is 17.2 Å². The van der Waals surface area contributed by atoms with Crippen molar-refractivity contribution in [3.8, 4) is 0 Å². The minimum Gasteiger partial charge on any atom is -0.370 e. The van der Waals surface area contributed by atoms with Crippen LogP contribution in [-0.4, -0.2) is 18.0 Å². The van der Waals surface area contributed by atoms with Crippen LogP contribution >= 0.6 is 0 Å². The molecule has 0 aromatic heterocycles. The summed E-state index contributed by atoms with van der Waals surface area (Å²) in [5.41, 5.74) is 5.83. The Kier molecular flexibility index (Phi) is 2.94. The highest BCUT2D eigenvalue weighted by atomic mass is 15.1. The number of guanidine groups is 1. The summed E-state index contributed by atoms with van der Waals surface area (Å²) >= 11 is 0. The smallest absolute Gasteiger partial charge is 0.189 e. The van der Waals surface area contributed by atoms with Crippen molar-refractivity contribution in [1.29, 1.82) is 0 Å². The maximum Gasteiger partial charge on any atom is 0.189 e. The zero-order valence-corrected chi connectivity index (χ0v) is 9.00. The monoisotopic (exact) mass is 195 g/mol. The molecule has 2 atom stereocenters. The number of aliphatic imine (C=N–C) groups is 1. The van der Waals surface area contributed by atoms with Crippen LogP contribution in [0.3, 0.4) is 0 Å². The lowest BCUT2D eigenvalue weighted by Crippen LogP contribution is -2.42. The van der Waals surface area contributed by atoms with Gasteiger partial charge in [0.05, 0.1) is 6.04 Å². The Hall–Kier alpha value is -0.730. The summed E-state index contributed by atoms with van der Waals surface area (Å²) in [7, 11) is 0. The molecule has 0 heterocycles. The lowest BCUT2D eigenvalue weighted by Gasteiger charge is -2.27. The first-order valence-electron chi connectivity index (χ1n) is 5.84. The van der Waals surface area contributed by atoms with Gasteiger partial charge in [-0.25, -0.2) is 0 Å². The number of rotatable bonds is 2. The second-order valence-electron chi connectivity index (χ2n) is 4.86. The fraction of sp³-hybridized carbons (Fsp3) is 0.909. The average Bonchev–Trinajstić information content (AvgIpc) is 2.87. The van der Waals surface area contributed by atoms with E-state index >= 15 is 0 Å². The predicted molar refractivity (Wildman–Crippen MR) is 59.2 cm³/mol. The topological polar surface area (TPSA) is 50.4 Å². The zero-order chi connectivity index (χ0) is 9.97. The van der Waals surface area contributed by atoms with Crippen molar-refractivity contribution in [3.63, 3.8) is 0 Å². The molecule has 0 spiro atoms. The zero-order valence-electron chi connectivity index (χ0n) is 9.00. The van der Waals surface area contributed by atoms with E-state index in [1.807, 2.05) is 0 Å². The van der Waals surface area contributed by atoms with Crippen molar-refractivity contribution in [1.82, 2.24) is 5.32 Å². The highest BCUT2D eigenvalue weighted by molar-refractivity contribution is 5.78. The highest BCUT2D eigenvalue weighted by Gasteiger charge is 2.22. The quantitative estimate of drug-likeness (QED) is 0.520. The Morgan fingerprint density at radius 2 is 2.07 bits per heavy atom. The van der Waals surface area contributed by atoms with Gasteiger partial charge in [-0.05, 0) is 31.6 Å². The second kappa shape index (κ2) is 4.20. The van der Waals surface area contributed by atoms with Gasteiger partial charge in [-0.1, -0.05) is 19.8 Å². The van der Waals surface area contributed by atoms with Crippen molar-refractivity contribution >= 4 is 5.96 Å². The molecule has 3 N–H and O–H groups in total. The molecule has 0 aromatic carbocycles. The normalized spacial score (nSPS) is 34.2. The van der Waals surface area contributed by atoms with Crippen LogP contribution in [0.25, 0.3) is 0 Å². The minimum absolute atomic E-state index is 0.531. The van der Waals surface area contributed by atoms with Gasteiger partial charge in [-0.15, -0.1) is 0 Å². The van der Waals surface area contributed by atoms with Gasteiger partial charge in [0.1, 0.15) is 0 Å². The molecule has 14 heavy (non-hydrogen) atoms. The van der Waals surface area contributed by atoms with Crippen molar-refractivity contribution in [3.05, 3.63) is 0 Å². The second-order valence-corrected chi connectivity index (χ2v) is 4.86. The van der Waals surface area contributed by atoms with Crippen LogP contribution in [0.1, 0.15) is 45.4 Å². The number of nitrogens with two attached hydrogens (primary N) is 1. The van der Waals surface area contributed by atoms with Gasteiger partial charge in [0.2, 0.25) is 0 Å². The summed E-state index contributed by atoms with van der Waals surface area (Å²) in [6, 6.07) is 1.10. The number of nitrogens with one attached hydrogen (secondary N) is 1. The van der Waals surface area contributed by atoms with Crippen molar-refractivity contribution < 1.29 is 0 Å². The number of hydrogen-bond acceptors (Lipinski definition) is 1. The molecule has 0 bridgehead atoms. The molecule has 3 heteroatoms. The van der Waals surface area contributed by atoms with Crippen LogP contribution in [0, 0.1) is 5.92 Å². The number of nitrogens with zero attached hydrogens (tertiary/aromatic N) is 1. The number of hydrogen-bond donors (Lipinski definition) is 2. The standard InChI is InChI=1S/C11H21N3/c1-8-3-2-4-10(7-8)14-11(12)13-9-5-6-9/h8-10H,2-7H2,1H3,(H3,12,13,14). The molecule has 0 aliphatic heterocycles. The summed E-state index contributed by atoms with van der Waals surface area (Å²) in [6.07, 6.45) is 7.66. The molecule has 2 saturated carbocycles. The van der Waals surface area contributed by atoms with Crippen LogP contribution in [0.4, 0.5) is 0 Å². The third-order valence-electron chi connectivity index (χ3n) is 3.16. The predicted octanol–water partition coefficient (Wildman–Crippen LogP) is 1.63. The molecule has 2 fully saturated rings. The van der Waals surface area contributed by atoms with E-state index in [0.29, 0.717) is 18.0 Å². The van der Waals surface area contributed by atoms with Crippen LogP contribution in [-0.2, 0) is 0 Å². The SMILES string of the molecule is CC1CCCC(NC(N)=NC2CC2)C1. The largest absolute Gasteiger partial charge is 0.370 e. The van der Waals surface area contributed by atoms with E-state index in [9.17, 15) is 0 Å². The first-order valence-corrected chi connectivity index (χ1v) is 5.84. The maximum atomic E-state index is 5.83. The van der Waals surface area contributed by atoms with Crippen LogP contribution in [0.15, 0.2) is 4.99 Å². The summed E-state index contributed by atoms with van der Waals surface area (Å²) in [5, 5.41) is 3.35. The van der Waals surface area contributed by atoms with Gasteiger partial charge in [0, 0.05) is 6.04 Å². The minimum atomic E-state index is 0.531. The maximum absolute atomic E-state index is 5.83. The molecule has 2 aliphatic carbocycles. The third-order valence-corrected chi connectivity index (χ3v) is 3.16. The highest BCUT2D eigenvalue weighted by Crippen LogP contribution is 2.25. The summed E-state index contributed by atoms with van der Waals surface area (Å²) in [6.45, 7) is 2.32. The third kappa shape index (κ3) is 2.89. The van der Waals surface area contributed by atoms with Gasteiger partial charge in [0.15, 0.2) is 5.96 Å². The summed E-state index contributed by atoms with van der Waals surface area (Å²) in [4.78, 5) is 4.39. The van der Waals surface area contributed by atoms with Crippen LogP contribution in [0.2, 0.25) is 0 Å². The molecule has 0 saturated heterocycles. The molecule has 0 radical (unpaired) electrons. The molecule has 2 aliphatic rings. The van der Waals surface area contributed by atoms with E-state index in [4.69, 9.17) is 5.73 Å². The molecule has 80 valence electrons. The van der Waals surface area contributed by atoms with Crippen molar-refractivity contribution in [2.45, 2.75) is 57.5 Å². The Morgan fingerprint density at radius 1 is 1.29 bits per heavy atom. The fourth-order valence-corrected chi connectivity index (χ4v) is 2.21. The lowest BCUT2D eigenvalue weighted by atomic mass is 9.87. The van der Waals surface area contributed by atoms with Crippen molar-refractivity contribution in [2.75, 3.05) is 0 Å². The van der Waals surface area contributed by atoms with Gasteiger partial charge in [-0.2, -0.15) is 0 Å². The molecule has 0 aromatic rings. The van der Waals surface area contributed by atoms with E-state index < -0.39 is 0 Å². The Bertz CT molecular complexity index is 221. The van der Waals surface area contributed by atoms with Crippen LogP contribution < -0.4 is 11.1 Å². The van der Waals surface area contributed by atoms with Gasteiger partial charge < -0.3 is 11.1 Å². The molecule has 0 amide bonds. The molecular formula is C11H21N3. The first-order chi connectivity index (χ1) is 6.74. The Balaban J connectivity index is 1.77. The van der Waals surface area contributed by atoms with Crippen molar-refractivity contribution in [2.24, 2.45) is 16.6 Å². The van der Waals surface area contributed by atoms with Gasteiger partial charge in [-0.3, -0.25) is 4.99 Å². The Labute approximate surface area is 86.2 Å². The van der Waals surface area contributed by atoms with E-state index in [0.717, 1.165) is 5.92 Å². The van der Waals surface area contributed by atoms with Crippen LogP contribution in [0.5, 0.6) is 0 Å². The molecular weight excluding hydrogens is 174 g/mol. The Morgan fingerprint density at radius 3 is 2.71 bits per heavy atom. The van der Waals surface area contributed by atoms with E-state index in [1.165, 1.54) is 38.5 Å². The van der Waals surface area contributed by atoms with Gasteiger partial charge >= 0.3 is 0 Å². The molecule has 2 unspecified atom stereocenters. The van der Waals surface area contributed by atoms with E-state index in [-0.39, 0.29) is 0 Å². The van der Waals surface area contributed by atoms with Gasteiger partial charge in [0.25, 0.3) is 0 Å². The summed E-state index contributed by atoms with van der Waals surface area (Å²) < 4.78 is 0. The van der Waals surface area contributed by atoms with E-state index in [1.54, 1.807) is 0 Å².